The molecule has 0 atom stereocenters. The molecule has 0 unspecified atom stereocenters. The molecule has 11 nitrogen and oxygen atoms in total. The van der Waals surface area contributed by atoms with Gasteiger partial charge in [-0.05, 0) is 48.2 Å². The first-order chi connectivity index (χ1) is 19.5. The molecule has 2 aromatic carbocycles. The fourth-order valence-electron chi connectivity index (χ4n) is 3.89. The zero-order valence-corrected chi connectivity index (χ0v) is 23.9. The lowest BCUT2D eigenvalue weighted by Crippen LogP contribution is -2.15. The van der Waals surface area contributed by atoms with Crippen LogP contribution in [0.3, 0.4) is 0 Å². The lowest BCUT2D eigenvalue weighted by Gasteiger charge is -2.14. The maximum atomic E-state index is 12.7. The lowest BCUT2D eigenvalue weighted by molar-refractivity contribution is -0.113. The zero-order valence-electron chi connectivity index (χ0n) is 22.3. The van der Waals surface area contributed by atoms with Crippen LogP contribution < -0.4 is 15.8 Å². The van der Waals surface area contributed by atoms with Gasteiger partial charge in [0.15, 0.2) is 5.82 Å². The van der Waals surface area contributed by atoms with Crippen molar-refractivity contribution in [3.05, 3.63) is 77.0 Å². The van der Waals surface area contributed by atoms with Gasteiger partial charge in [0.25, 0.3) is 10.0 Å². The molecule has 2 heterocycles. The van der Waals surface area contributed by atoms with Crippen LogP contribution in [0.2, 0.25) is 0 Å². The molecule has 0 fully saturated rings. The molecule has 13 heteroatoms. The number of nitrogen functional groups attached to an aromatic ring is 1. The Balaban J connectivity index is 1.49. The van der Waals surface area contributed by atoms with Gasteiger partial charge in [0.1, 0.15) is 34.3 Å². The summed E-state index contributed by atoms with van der Waals surface area (Å²) in [5, 5.41) is 26.2. The number of thioether (sulfide) groups is 1. The second kappa shape index (κ2) is 12.1. The van der Waals surface area contributed by atoms with E-state index in [9.17, 15) is 23.7 Å². The van der Waals surface area contributed by atoms with E-state index >= 15 is 0 Å². The highest BCUT2D eigenvalue weighted by Crippen LogP contribution is 2.36. The van der Waals surface area contributed by atoms with E-state index in [0.717, 1.165) is 17.3 Å². The molecule has 208 valence electrons. The Morgan fingerprint density at radius 3 is 2.29 bits per heavy atom. The van der Waals surface area contributed by atoms with E-state index in [0.29, 0.717) is 28.5 Å². The van der Waals surface area contributed by atoms with Gasteiger partial charge in [0.05, 0.1) is 16.2 Å². The number of aromatic nitrogens is 2. The Morgan fingerprint density at radius 1 is 1.07 bits per heavy atom. The highest BCUT2D eigenvalue weighted by Gasteiger charge is 2.22. The molecule has 4 rings (SSSR count). The van der Waals surface area contributed by atoms with Crippen LogP contribution in [0.5, 0.6) is 0 Å². The van der Waals surface area contributed by atoms with E-state index in [2.05, 4.69) is 40.1 Å². The second-order valence-electron chi connectivity index (χ2n) is 9.22. The smallest absolute Gasteiger partial charge is 0.263 e. The molecule has 0 aliphatic rings. The number of hydrogen-bond donors (Lipinski definition) is 3. The Labute approximate surface area is 241 Å². The van der Waals surface area contributed by atoms with E-state index < -0.39 is 15.9 Å². The van der Waals surface area contributed by atoms with Crippen molar-refractivity contribution in [2.45, 2.75) is 36.6 Å². The van der Waals surface area contributed by atoms with Gasteiger partial charge in [0.2, 0.25) is 5.91 Å². The zero-order chi connectivity index (χ0) is 29.7. The minimum absolute atomic E-state index is 0.0320. The number of carbonyl (C=O) groups is 1. The van der Waals surface area contributed by atoms with Gasteiger partial charge in [-0.15, -0.1) is 0 Å². The quantitative estimate of drug-likeness (QED) is 0.224. The number of sulfonamides is 1. The van der Waals surface area contributed by atoms with Crippen molar-refractivity contribution in [3.63, 3.8) is 0 Å². The summed E-state index contributed by atoms with van der Waals surface area (Å²) >= 11 is 1.00. The lowest BCUT2D eigenvalue weighted by atomic mass is 9.94. The Hall–Kier alpha value is -4.85. The first kappa shape index (κ1) is 29.1. The monoisotopic (exact) mass is 587 g/mol. The Kier molecular flexibility index (Phi) is 8.62. The van der Waals surface area contributed by atoms with Crippen LogP contribution in [-0.2, 0) is 14.8 Å². The molecular weight excluding hydrogens is 562 g/mol. The third kappa shape index (κ3) is 6.66. The van der Waals surface area contributed by atoms with Crippen molar-refractivity contribution >= 4 is 45.0 Å². The van der Waals surface area contributed by atoms with Gasteiger partial charge in [-0.3, -0.25) is 9.52 Å². The molecule has 0 bridgehead atoms. The number of pyridine rings is 1. The molecule has 41 heavy (non-hydrogen) atoms. The number of carbonyl (C=O) groups excluding carboxylic acids is 1. The third-order valence-corrected chi connectivity index (χ3v) is 8.28. The van der Waals surface area contributed by atoms with Crippen molar-refractivity contribution < 1.29 is 17.7 Å². The number of aryl methyl sites for hydroxylation is 1. The van der Waals surface area contributed by atoms with E-state index in [4.69, 9.17) is 10.3 Å². The number of amides is 1. The largest absolute Gasteiger partial charge is 0.383 e. The summed E-state index contributed by atoms with van der Waals surface area (Å²) in [6.07, 6.45) is 0. The molecule has 2 aromatic heterocycles. The Morgan fingerprint density at radius 2 is 1.73 bits per heavy atom. The summed E-state index contributed by atoms with van der Waals surface area (Å²) in [7, 11) is -3.91. The average Bonchev–Trinajstić information content (AvgIpc) is 3.35. The molecule has 0 aliphatic carbocycles. The number of nitriles is 2. The fraction of sp³-hybridized carbons (Fsp3) is 0.179. The molecule has 0 saturated heterocycles. The normalized spacial score (nSPS) is 11.1. The number of rotatable bonds is 9. The van der Waals surface area contributed by atoms with Crippen molar-refractivity contribution in [2.24, 2.45) is 0 Å². The molecule has 0 spiro atoms. The maximum absolute atomic E-state index is 12.7. The van der Waals surface area contributed by atoms with Crippen molar-refractivity contribution in [2.75, 3.05) is 21.5 Å². The van der Waals surface area contributed by atoms with E-state index in [1.807, 2.05) is 30.3 Å². The fourth-order valence-corrected chi connectivity index (χ4v) is 5.66. The van der Waals surface area contributed by atoms with Crippen LogP contribution in [0.15, 0.2) is 69.0 Å². The highest BCUT2D eigenvalue weighted by molar-refractivity contribution is 8.00. The summed E-state index contributed by atoms with van der Waals surface area (Å²) in [6.45, 7) is 5.77. The van der Waals surface area contributed by atoms with E-state index in [-0.39, 0.29) is 38.4 Å². The number of hydrogen-bond acceptors (Lipinski definition) is 10. The van der Waals surface area contributed by atoms with Gasteiger partial charge in [-0.25, -0.2) is 13.4 Å². The average molecular weight is 588 g/mol. The number of nitrogens with one attached hydrogen (secondary N) is 2. The summed E-state index contributed by atoms with van der Waals surface area (Å²) in [4.78, 5) is 16.9. The summed E-state index contributed by atoms with van der Waals surface area (Å²) in [5.41, 5.74) is 8.80. The van der Waals surface area contributed by atoms with Crippen molar-refractivity contribution in [1.82, 2.24) is 10.1 Å². The predicted octanol–water partition coefficient (Wildman–Crippen LogP) is 5.03. The van der Waals surface area contributed by atoms with Gasteiger partial charge in [0, 0.05) is 17.3 Å². The molecule has 4 aromatic rings. The second-order valence-corrected chi connectivity index (χ2v) is 11.9. The first-order valence-electron chi connectivity index (χ1n) is 12.2. The molecule has 1 amide bonds. The van der Waals surface area contributed by atoms with Crippen molar-refractivity contribution in [1.29, 1.82) is 10.5 Å². The van der Waals surface area contributed by atoms with E-state index in [1.54, 1.807) is 6.92 Å². The SMILES string of the molecule is Cc1cc(NS(=O)(=O)c2ccc(NC(=O)CSc3nc(N)c(C#N)c(-c4ccc(C(C)C)cc4)c3C#N)cc2)no1. The Bertz CT molecular complexity index is 1790. The summed E-state index contributed by atoms with van der Waals surface area (Å²) < 4.78 is 32.3. The molecule has 0 saturated carbocycles. The first-order valence-corrected chi connectivity index (χ1v) is 14.7. The summed E-state index contributed by atoms with van der Waals surface area (Å²) in [5.74, 6) is 0.244. The number of benzene rings is 2. The highest BCUT2D eigenvalue weighted by atomic mass is 32.2. The standard InChI is InChI=1S/C28H25N7O4S2/c1-16(2)18-4-6-19(7-5-18)26-22(13-29)27(31)33-28(23(26)14-30)40-15-25(36)32-20-8-10-21(11-9-20)41(37,38)35-24-12-17(3)39-34-24/h4-12,16H,15H2,1-3H3,(H2,31,33)(H,32,36)(H,34,35). The predicted molar refractivity (Wildman–Crippen MR) is 155 cm³/mol. The maximum Gasteiger partial charge on any atom is 0.263 e. The van der Waals surface area contributed by atoms with Crippen LogP contribution in [0.1, 0.15) is 42.2 Å². The topological polar surface area (TPSA) is 188 Å². The van der Waals surface area contributed by atoms with Gasteiger partial charge in [-0.1, -0.05) is 55.0 Å². The van der Waals surface area contributed by atoms with Gasteiger partial charge in [-0.2, -0.15) is 10.5 Å². The molecule has 0 radical (unpaired) electrons. The molecule has 4 N–H and O–H groups in total. The number of anilines is 3. The van der Waals surface area contributed by atoms with Crippen LogP contribution in [0.4, 0.5) is 17.3 Å². The number of nitrogens with zero attached hydrogens (tertiary/aromatic N) is 4. The number of nitrogens with two attached hydrogens (primary N) is 1. The molecular formula is C28H25N7O4S2. The van der Waals surface area contributed by atoms with Crippen molar-refractivity contribution in [3.8, 4) is 23.3 Å². The van der Waals surface area contributed by atoms with Crippen LogP contribution in [0, 0.1) is 29.6 Å². The van der Waals surface area contributed by atoms with Gasteiger partial charge < -0.3 is 15.6 Å². The third-order valence-electron chi connectivity index (χ3n) is 5.94. The van der Waals surface area contributed by atoms with Gasteiger partial charge >= 0.3 is 0 Å². The summed E-state index contributed by atoms with van der Waals surface area (Å²) in [6, 6.07) is 18.7. The minimum Gasteiger partial charge on any atom is -0.383 e. The van der Waals surface area contributed by atoms with Crippen LogP contribution in [-0.4, -0.2) is 30.2 Å². The van der Waals surface area contributed by atoms with E-state index in [1.165, 1.54) is 30.3 Å². The minimum atomic E-state index is -3.91. The molecule has 0 aliphatic heterocycles. The van der Waals surface area contributed by atoms with Crippen LogP contribution in [0.25, 0.3) is 11.1 Å². The van der Waals surface area contributed by atoms with Crippen LogP contribution >= 0.6 is 11.8 Å².